The summed E-state index contributed by atoms with van der Waals surface area (Å²) in [4.78, 5) is 11.0. The fourth-order valence-corrected chi connectivity index (χ4v) is 3.55. The molecule has 1 saturated heterocycles. The Morgan fingerprint density at radius 1 is 1.17 bits per heavy atom. The first kappa shape index (κ1) is 16.1. The maximum Gasteiger partial charge on any atom is 0.134 e. The van der Waals surface area contributed by atoms with Gasteiger partial charge in [-0.15, -0.1) is 0 Å². The van der Waals surface area contributed by atoms with Crippen molar-refractivity contribution >= 4 is 23.4 Å². The third-order valence-corrected chi connectivity index (χ3v) is 4.95. The van der Waals surface area contributed by atoms with Crippen LogP contribution in [0, 0.1) is 0 Å². The van der Waals surface area contributed by atoms with E-state index in [4.69, 9.17) is 0 Å². The molecule has 1 atom stereocenters. The molecule has 23 heavy (non-hydrogen) atoms. The van der Waals surface area contributed by atoms with Crippen molar-refractivity contribution in [2.75, 3.05) is 48.0 Å². The zero-order valence-electron chi connectivity index (χ0n) is 13.1. The number of anilines is 2. The van der Waals surface area contributed by atoms with Crippen LogP contribution in [0.3, 0.4) is 0 Å². The number of aliphatic hydroxyl groups excluding tert-OH is 1. The quantitative estimate of drug-likeness (QED) is 0.847. The molecule has 1 aromatic carbocycles. The van der Waals surface area contributed by atoms with Crippen molar-refractivity contribution in [1.29, 1.82) is 0 Å². The Labute approximate surface area is 141 Å². The van der Waals surface area contributed by atoms with Gasteiger partial charge in [0.05, 0.1) is 6.61 Å². The van der Waals surface area contributed by atoms with Crippen LogP contribution in [0.2, 0.25) is 0 Å². The Kier molecular flexibility index (Phi) is 5.71. The normalized spacial score (nSPS) is 16.1. The molecule has 122 valence electrons. The van der Waals surface area contributed by atoms with Crippen molar-refractivity contribution in [3.8, 4) is 0 Å². The summed E-state index contributed by atoms with van der Waals surface area (Å²) in [6.45, 7) is 2.82. The molecule has 6 heteroatoms. The molecule has 0 saturated carbocycles. The SMILES string of the molecule is OC[C@H](CNc1cc(N2CCSCC2)ncn1)c1ccccc1. The molecule has 0 amide bonds. The first-order valence-electron chi connectivity index (χ1n) is 7.91. The highest BCUT2D eigenvalue weighted by molar-refractivity contribution is 7.99. The lowest BCUT2D eigenvalue weighted by Gasteiger charge is -2.27. The van der Waals surface area contributed by atoms with E-state index < -0.39 is 0 Å². The van der Waals surface area contributed by atoms with E-state index in [0.29, 0.717) is 6.54 Å². The van der Waals surface area contributed by atoms with E-state index in [2.05, 4.69) is 20.2 Å². The van der Waals surface area contributed by atoms with Crippen molar-refractivity contribution in [3.05, 3.63) is 48.3 Å². The average Bonchev–Trinajstić information content (AvgIpc) is 2.64. The van der Waals surface area contributed by atoms with E-state index in [1.54, 1.807) is 6.33 Å². The van der Waals surface area contributed by atoms with Gasteiger partial charge in [0.1, 0.15) is 18.0 Å². The minimum atomic E-state index is 0.0565. The molecule has 2 heterocycles. The largest absolute Gasteiger partial charge is 0.396 e. The molecular formula is C17H22N4OS. The van der Waals surface area contributed by atoms with Crippen LogP contribution < -0.4 is 10.2 Å². The molecule has 3 rings (SSSR count). The molecule has 1 aromatic heterocycles. The monoisotopic (exact) mass is 330 g/mol. The van der Waals surface area contributed by atoms with Gasteiger partial charge >= 0.3 is 0 Å². The molecule has 1 aliphatic heterocycles. The molecular weight excluding hydrogens is 308 g/mol. The second-order valence-corrected chi connectivity index (χ2v) is 6.76. The maximum absolute atomic E-state index is 9.63. The van der Waals surface area contributed by atoms with Crippen LogP contribution in [-0.2, 0) is 0 Å². The van der Waals surface area contributed by atoms with Gasteiger partial charge in [0.25, 0.3) is 0 Å². The van der Waals surface area contributed by atoms with Crippen molar-refractivity contribution in [2.24, 2.45) is 0 Å². The van der Waals surface area contributed by atoms with Gasteiger partial charge in [0, 0.05) is 43.1 Å². The van der Waals surface area contributed by atoms with Crippen molar-refractivity contribution < 1.29 is 5.11 Å². The molecule has 5 nitrogen and oxygen atoms in total. The van der Waals surface area contributed by atoms with Gasteiger partial charge in [-0.2, -0.15) is 11.8 Å². The van der Waals surface area contributed by atoms with Crippen LogP contribution in [0.1, 0.15) is 11.5 Å². The molecule has 0 aliphatic carbocycles. The number of thioether (sulfide) groups is 1. The summed E-state index contributed by atoms with van der Waals surface area (Å²) in [6.07, 6.45) is 1.61. The Morgan fingerprint density at radius 2 is 1.96 bits per heavy atom. The minimum absolute atomic E-state index is 0.0565. The number of hydrogen-bond donors (Lipinski definition) is 2. The topological polar surface area (TPSA) is 61.3 Å². The van der Waals surface area contributed by atoms with Crippen LogP contribution in [0.5, 0.6) is 0 Å². The summed E-state index contributed by atoms with van der Waals surface area (Å²) < 4.78 is 0. The molecule has 0 unspecified atom stereocenters. The zero-order valence-corrected chi connectivity index (χ0v) is 13.9. The first-order chi connectivity index (χ1) is 11.4. The van der Waals surface area contributed by atoms with E-state index in [1.807, 2.05) is 48.2 Å². The van der Waals surface area contributed by atoms with Crippen LogP contribution in [0.4, 0.5) is 11.6 Å². The van der Waals surface area contributed by atoms with Gasteiger partial charge in [0.2, 0.25) is 0 Å². The lowest BCUT2D eigenvalue weighted by atomic mass is 10.0. The van der Waals surface area contributed by atoms with Gasteiger partial charge in [-0.05, 0) is 5.56 Å². The summed E-state index contributed by atoms with van der Waals surface area (Å²) in [7, 11) is 0. The van der Waals surface area contributed by atoms with Crippen LogP contribution in [0.25, 0.3) is 0 Å². The molecule has 2 N–H and O–H groups in total. The molecule has 0 spiro atoms. The number of rotatable bonds is 6. The van der Waals surface area contributed by atoms with E-state index in [9.17, 15) is 5.11 Å². The number of aliphatic hydroxyl groups is 1. The number of aromatic nitrogens is 2. The summed E-state index contributed by atoms with van der Waals surface area (Å²) in [5.41, 5.74) is 1.13. The van der Waals surface area contributed by atoms with E-state index in [-0.39, 0.29) is 12.5 Å². The standard InChI is InChI=1S/C17H22N4OS/c22-12-15(14-4-2-1-3-5-14)11-18-16-10-17(20-13-19-16)21-6-8-23-9-7-21/h1-5,10,13,15,22H,6-9,11-12H2,(H,18,19,20)/t15-/m0/s1. The van der Waals surface area contributed by atoms with Gasteiger partial charge < -0.3 is 15.3 Å². The third kappa shape index (κ3) is 4.36. The predicted molar refractivity (Wildman–Crippen MR) is 96.3 cm³/mol. The summed E-state index contributed by atoms with van der Waals surface area (Å²) in [5.74, 6) is 4.13. The Hall–Kier alpha value is -1.79. The zero-order chi connectivity index (χ0) is 15.9. The maximum atomic E-state index is 9.63. The predicted octanol–water partition coefficient (Wildman–Crippen LogP) is 2.22. The van der Waals surface area contributed by atoms with Crippen molar-refractivity contribution in [1.82, 2.24) is 9.97 Å². The Morgan fingerprint density at radius 3 is 2.70 bits per heavy atom. The lowest BCUT2D eigenvalue weighted by molar-refractivity contribution is 0.270. The molecule has 1 aliphatic rings. The highest BCUT2D eigenvalue weighted by Gasteiger charge is 2.14. The Balaban J connectivity index is 1.63. The summed E-state index contributed by atoms with van der Waals surface area (Å²) in [5, 5.41) is 13.0. The van der Waals surface area contributed by atoms with Crippen LogP contribution in [-0.4, -0.2) is 52.8 Å². The average molecular weight is 330 g/mol. The fourth-order valence-electron chi connectivity index (χ4n) is 2.65. The van der Waals surface area contributed by atoms with Crippen LogP contribution >= 0.6 is 11.8 Å². The van der Waals surface area contributed by atoms with E-state index in [0.717, 1.165) is 41.8 Å². The summed E-state index contributed by atoms with van der Waals surface area (Å²) in [6, 6.07) is 12.1. The van der Waals surface area contributed by atoms with E-state index in [1.165, 1.54) is 0 Å². The summed E-state index contributed by atoms with van der Waals surface area (Å²) >= 11 is 1.98. The van der Waals surface area contributed by atoms with Gasteiger partial charge in [0.15, 0.2) is 0 Å². The first-order valence-corrected chi connectivity index (χ1v) is 9.06. The lowest BCUT2D eigenvalue weighted by Crippen LogP contribution is -2.33. The Bertz CT molecular complexity index is 605. The number of hydrogen-bond acceptors (Lipinski definition) is 6. The smallest absolute Gasteiger partial charge is 0.134 e. The molecule has 1 fully saturated rings. The fraction of sp³-hybridized carbons (Fsp3) is 0.412. The van der Waals surface area contributed by atoms with Gasteiger partial charge in [-0.25, -0.2) is 9.97 Å². The van der Waals surface area contributed by atoms with Crippen molar-refractivity contribution in [3.63, 3.8) is 0 Å². The number of nitrogens with one attached hydrogen (secondary N) is 1. The molecule has 0 bridgehead atoms. The highest BCUT2D eigenvalue weighted by atomic mass is 32.2. The van der Waals surface area contributed by atoms with Gasteiger partial charge in [-0.3, -0.25) is 0 Å². The number of nitrogens with zero attached hydrogens (tertiary/aromatic N) is 3. The van der Waals surface area contributed by atoms with E-state index >= 15 is 0 Å². The molecule has 2 aromatic rings. The molecule has 0 radical (unpaired) electrons. The highest BCUT2D eigenvalue weighted by Crippen LogP contribution is 2.20. The minimum Gasteiger partial charge on any atom is -0.396 e. The second-order valence-electron chi connectivity index (χ2n) is 5.53. The van der Waals surface area contributed by atoms with Gasteiger partial charge in [-0.1, -0.05) is 30.3 Å². The van der Waals surface area contributed by atoms with Crippen LogP contribution in [0.15, 0.2) is 42.7 Å². The number of benzene rings is 1. The third-order valence-electron chi connectivity index (χ3n) is 4.01. The van der Waals surface area contributed by atoms with Crippen molar-refractivity contribution in [2.45, 2.75) is 5.92 Å². The second kappa shape index (κ2) is 8.17.